The summed E-state index contributed by atoms with van der Waals surface area (Å²) in [7, 11) is 1.23. The number of benzene rings is 1. The molecule has 2 N–H and O–H groups in total. The van der Waals surface area contributed by atoms with Crippen molar-refractivity contribution in [1.29, 1.82) is 0 Å². The number of rotatable bonds is 10. The summed E-state index contributed by atoms with van der Waals surface area (Å²) in [5.41, 5.74) is 0.427. The minimum Gasteiger partial charge on any atom is -0.468 e. The van der Waals surface area contributed by atoms with E-state index in [4.69, 9.17) is 11.2 Å². The number of ether oxygens (including phenoxy) is 2. The lowest BCUT2D eigenvalue weighted by atomic mass is 9.95. The number of carbonyl (C=O) groups excluding carboxylic acids is 4. The lowest BCUT2D eigenvalue weighted by molar-refractivity contribution is -0.145. The molecule has 0 bridgehead atoms. The van der Waals surface area contributed by atoms with Crippen molar-refractivity contribution in [3.8, 4) is 12.3 Å². The van der Waals surface area contributed by atoms with E-state index < -0.39 is 41.6 Å². The van der Waals surface area contributed by atoms with E-state index in [1.165, 1.54) is 12.0 Å². The van der Waals surface area contributed by atoms with E-state index in [0.29, 0.717) is 30.4 Å². The molecule has 2 rings (SSSR count). The molecule has 3 unspecified atom stereocenters. The van der Waals surface area contributed by atoms with Crippen molar-refractivity contribution in [2.75, 3.05) is 13.7 Å². The van der Waals surface area contributed by atoms with Gasteiger partial charge < -0.3 is 25.0 Å². The van der Waals surface area contributed by atoms with Gasteiger partial charge in [0.25, 0.3) is 0 Å². The smallest absolute Gasteiger partial charge is 0.408 e. The summed E-state index contributed by atoms with van der Waals surface area (Å²) in [6.45, 7) is 8.66. The molecule has 9 heteroatoms. The van der Waals surface area contributed by atoms with Crippen molar-refractivity contribution in [3.63, 3.8) is 0 Å². The highest BCUT2D eigenvalue weighted by Gasteiger charge is 2.45. The van der Waals surface area contributed by atoms with Crippen molar-refractivity contribution in [3.05, 3.63) is 35.4 Å². The SMILES string of the molecule is C#Cc1ccc(C(C(=O)NCC(=O)OC)N(C(=O)C(NC(=O)OC(C)(C)C)C(C)CC)C2CC2)cc1. The maximum atomic E-state index is 14.0. The second-order valence-electron chi connectivity index (χ2n) is 9.95. The van der Waals surface area contributed by atoms with Gasteiger partial charge in [0, 0.05) is 11.6 Å². The zero-order valence-corrected chi connectivity index (χ0v) is 21.9. The quantitative estimate of drug-likeness (QED) is 0.378. The van der Waals surface area contributed by atoms with Crippen LogP contribution < -0.4 is 10.6 Å². The van der Waals surface area contributed by atoms with Crippen LogP contribution in [0.15, 0.2) is 24.3 Å². The third kappa shape index (κ3) is 8.01. The molecule has 3 amide bonds. The molecule has 1 aliphatic rings. The summed E-state index contributed by atoms with van der Waals surface area (Å²) in [4.78, 5) is 53.2. The Bertz CT molecular complexity index is 988. The predicted octanol–water partition coefficient (Wildman–Crippen LogP) is 2.93. The third-order valence-electron chi connectivity index (χ3n) is 5.90. The normalized spacial score (nSPS) is 15.5. The Morgan fingerprint density at radius 3 is 2.25 bits per heavy atom. The Hall–Kier alpha value is -3.54. The van der Waals surface area contributed by atoms with Crippen molar-refractivity contribution in [2.45, 2.75) is 77.6 Å². The average molecular weight is 500 g/mol. The highest BCUT2D eigenvalue weighted by Crippen LogP contribution is 2.36. The minimum atomic E-state index is -1.03. The first-order chi connectivity index (χ1) is 16.9. The van der Waals surface area contributed by atoms with Crippen LogP contribution >= 0.6 is 0 Å². The first kappa shape index (κ1) is 28.7. The van der Waals surface area contributed by atoms with E-state index >= 15 is 0 Å². The van der Waals surface area contributed by atoms with Crippen LogP contribution in [0.5, 0.6) is 0 Å². The number of nitrogens with one attached hydrogen (secondary N) is 2. The number of terminal acetylenes is 1. The van der Waals surface area contributed by atoms with Gasteiger partial charge in [-0.2, -0.15) is 0 Å². The number of amides is 3. The monoisotopic (exact) mass is 499 g/mol. The van der Waals surface area contributed by atoms with Gasteiger partial charge in [-0.1, -0.05) is 38.3 Å². The topological polar surface area (TPSA) is 114 Å². The van der Waals surface area contributed by atoms with Gasteiger partial charge in [-0.3, -0.25) is 14.4 Å². The summed E-state index contributed by atoms with van der Waals surface area (Å²) in [5.74, 6) is 0.769. The third-order valence-corrected chi connectivity index (χ3v) is 5.90. The fourth-order valence-corrected chi connectivity index (χ4v) is 3.68. The van der Waals surface area contributed by atoms with E-state index in [-0.39, 0.29) is 18.5 Å². The summed E-state index contributed by atoms with van der Waals surface area (Å²) in [6, 6.07) is 4.64. The summed E-state index contributed by atoms with van der Waals surface area (Å²) in [5, 5.41) is 5.30. The van der Waals surface area contributed by atoms with Crippen molar-refractivity contribution in [2.24, 2.45) is 5.92 Å². The van der Waals surface area contributed by atoms with Crippen LogP contribution in [0.1, 0.15) is 71.0 Å². The number of nitrogens with zero attached hydrogens (tertiary/aromatic N) is 1. The maximum absolute atomic E-state index is 14.0. The van der Waals surface area contributed by atoms with E-state index in [1.807, 2.05) is 13.8 Å². The molecular weight excluding hydrogens is 462 g/mol. The van der Waals surface area contributed by atoms with Crippen molar-refractivity contribution in [1.82, 2.24) is 15.5 Å². The van der Waals surface area contributed by atoms with Gasteiger partial charge >= 0.3 is 12.1 Å². The largest absolute Gasteiger partial charge is 0.468 e. The van der Waals surface area contributed by atoms with Crippen LogP contribution in [0.4, 0.5) is 4.79 Å². The number of esters is 1. The van der Waals surface area contributed by atoms with Crippen LogP contribution in [0.2, 0.25) is 0 Å². The minimum absolute atomic E-state index is 0.189. The van der Waals surface area contributed by atoms with E-state index in [0.717, 1.165) is 0 Å². The van der Waals surface area contributed by atoms with Gasteiger partial charge in [0.15, 0.2) is 0 Å². The Balaban J connectivity index is 2.46. The molecule has 1 aromatic carbocycles. The van der Waals surface area contributed by atoms with Crippen LogP contribution in [0, 0.1) is 18.3 Å². The molecule has 196 valence electrons. The van der Waals surface area contributed by atoms with E-state index in [9.17, 15) is 19.2 Å². The maximum Gasteiger partial charge on any atom is 0.408 e. The van der Waals surface area contributed by atoms with Crippen LogP contribution in [-0.4, -0.2) is 60.1 Å². The predicted molar refractivity (Wildman–Crippen MR) is 135 cm³/mol. The molecule has 3 atom stereocenters. The zero-order chi connectivity index (χ0) is 27.0. The van der Waals surface area contributed by atoms with Crippen molar-refractivity contribution >= 4 is 23.9 Å². The van der Waals surface area contributed by atoms with Crippen molar-refractivity contribution < 1.29 is 28.7 Å². The lowest BCUT2D eigenvalue weighted by Crippen LogP contribution is -2.56. The fraction of sp³-hybridized carbons (Fsp3) is 0.556. The highest BCUT2D eigenvalue weighted by molar-refractivity contribution is 5.93. The second-order valence-corrected chi connectivity index (χ2v) is 9.95. The number of carbonyl (C=O) groups is 4. The van der Waals surface area contributed by atoms with Gasteiger partial charge in [0.05, 0.1) is 7.11 Å². The molecular formula is C27H37N3O6. The summed E-state index contributed by atoms with van der Waals surface area (Å²) >= 11 is 0. The zero-order valence-electron chi connectivity index (χ0n) is 21.9. The fourth-order valence-electron chi connectivity index (χ4n) is 3.68. The van der Waals surface area contributed by atoms with Gasteiger partial charge in [-0.05, 0) is 57.2 Å². The molecule has 9 nitrogen and oxygen atoms in total. The molecule has 0 aliphatic heterocycles. The summed E-state index contributed by atoms with van der Waals surface area (Å²) < 4.78 is 10.0. The van der Waals surface area contributed by atoms with E-state index in [1.54, 1.807) is 45.0 Å². The Morgan fingerprint density at radius 2 is 1.78 bits per heavy atom. The molecule has 0 saturated heterocycles. The van der Waals surface area contributed by atoms with E-state index in [2.05, 4.69) is 21.3 Å². The second kappa shape index (κ2) is 12.4. The van der Waals surface area contributed by atoms with Crippen LogP contribution in [0.25, 0.3) is 0 Å². The molecule has 0 aromatic heterocycles. The molecule has 0 radical (unpaired) electrons. The first-order valence-corrected chi connectivity index (χ1v) is 12.1. The van der Waals surface area contributed by atoms with Gasteiger partial charge in [0.1, 0.15) is 24.2 Å². The molecule has 1 saturated carbocycles. The molecule has 1 aromatic rings. The summed E-state index contributed by atoms with van der Waals surface area (Å²) in [6.07, 6.45) is 6.82. The molecule has 1 fully saturated rings. The van der Waals surface area contributed by atoms with Crippen LogP contribution in [0.3, 0.4) is 0 Å². The molecule has 0 heterocycles. The average Bonchev–Trinajstić information content (AvgIpc) is 3.67. The molecule has 0 spiro atoms. The van der Waals surface area contributed by atoms with Gasteiger partial charge in [0.2, 0.25) is 11.8 Å². The molecule has 1 aliphatic carbocycles. The van der Waals surface area contributed by atoms with Gasteiger partial charge in [-0.25, -0.2) is 4.79 Å². The Labute approximate surface area is 213 Å². The van der Waals surface area contributed by atoms with Crippen LogP contribution in [-0.2, 0) is 23.9 Å². The first-order valence-electron chi connectivity index (χ1n) is 12.1. The molecule has 36 heavy (non-hydrogen) atoms. The lowest BCUT2D eigenvalue weighted by Gasteiger charge is -2.36. The number of hydrogen-bond acceptors (Lipinski definition) is 6. The Morgan fingerprint density at radius 1 is 1.17 bits per heavy atom. The number of hydrogen-bond donors (Lipinski definition) is 2. The number of alkyl carbamates (subject to hydrolysis) is 1. The Kier molecular flexibility index (Phi) is 9.91. The van der Waals surface area contributed by atoms with Gasteiger partial charge in [-0.15, -0.1) is 6.42 Å². The number of methoxy groups -OCH3 is 1. The standard InChI is InChI=1S/C27H37N3O6/c1-8-17(3)22(29-26(34)36-27(4,5)6)25(33)30(20-14-15-20)23(24(32)28-16-21(31)35-7)19-12-10-18(9-2)11-13-19/h2,10-13,17,20,22-23H,8,14-16H2,1,3-7H3,(H,28,32)(H,29,34). The highest BCUT2D eigenvalue weighted by atomic mass is 16.6.